The molecule has 0 radical (unpaired) electrons. The number of aliphatic imine (C=N–C) groups is 1. The first-order valence-corrected chi connectivity index (χ1v) is 11.5. The van der Waals surface area contributed by atoms with E-state index < -0.39 is 0 Å². The minimum absolute atomic E-state index is 0. The second kappa shape index (κ2) is 15.1. The number of ether oxygens (including phenoxy) is 2. The highest BCUT2D eigenvalue weighted by Crippen LogP contribution is 2.32. The summed E-state index contributed by atoms with van der Waals surface area (Å²) in [6.45, 7) is 4.50. The summed E-state index contributed by atoms with van der Waals surface area (Å²) in [5, 5.41) is 6.72. The molecule has 0 atom stereocenters. The molecule has 1 aromatic carbocycles. The number of nitrogens with zero attached hydrogens (tertiary/aromatic N) is 1. The summed E-state index contributed by atoms with van der Waals surface area (Å²) >= 11 is 1.90. The number of halogens is 1. The average Bonchev–Trinajstić information content (AvgIpc) is 3.19. The first kappa shape index (κ1) is 25.2. The predicted molar refractivity (Wildman–Crippen MR) is 132 cm³/mol. The zero-order valence-electron chi connectivity index (χ0n) is 17.5. The highest BCUT2D eigenvalue weighted by molar-refractivity contribution is 14.0. The van der Waals surface area contributed by atoms with Crippen molar-refractivity contribution in [3.05, 3.63) is 23.8 Å². The number of guanidine groups is 1. The van der Waals surface area contributed by atoms with Crippen LogP contribution in [-0.2, 0) is 6.54 Å². The van der Waals surface area contributed by atoms with E-state index in [1.165, 1.54) is 25.0 Å². The Balaban J connectivity index is 0.00000392. The van der Waals surface area contributed by atoms with Crippen molar-refractivity contribution in [1.82, 2.24) is 10.6 Å². The van der Waals surface area contributed by atoms with E-state index in [0.717, 1.165) is 55.4 Å². The second-order valence-corrected chi connectivity index (χ2v) is 7.82. The van der Waals surface area contributed by atoms with Crippen molar-refractivity contribution in [1.29, 1.82) is 0 Å². The molecule has 160 valence electrons. The Morgan fingerprint density at radius 2 is 1.96 bits per heavy atom. The van der Waals surface area contributed by atoms with Gasteiger partial charge in [-0.3, -0.25) is 0 Å². The fraction of sp³-hybridized carbons (Fsp3) is 0.667. The van der Waals surface area contributed by atoms with Crippen molar-refractivity contribution in [2.45, 2.75) is 58.1 Å². The van der Waals surface area contributed by atoms with Crippen molar-refractivity contribution in [3.8, 4) is 11.5 Å². The molecule has 0 spiro atoms. The fourth-order valence-corrected chi connectivity index (χ4v) is 3.68. The third-order valence-electron chi connectivity index (χ3n) is 4.66. The highest BCUT2D eigenvalue weighted by Gasteiger charge is 2.18. The van der Waals surface area contributed by atoms with Crippen molar-refractivity contribution in [2.24, 2.45) is 4.99 Å². The van der Waals surface area contributed by atoms with Crippen LogP contribution in [0.1, 0.15) is 51.0 Å². The number of nitrogens with one attached hydrogen (secondary N) is 2. The SMILES string of the molecule is CCNC(=NCc1ccc(OC2CCCC2)c(OC)c1)NCCCCSC.I. The van der Waals surface area contributed by atoms with E-state index in [9.17, 15) is 0 Å². The van der Waals surface area contributed by atoms with Gasteiger partial charge in [-0.2, -0.15) is 11.8 Å². The molecule has 2 N–H and O–H groups in total. The van der Waals surface area contributed by atoms with Crippen LogP contribution >= 0.6 is 35.7 Å². The normalized spacial score (nSPS) is 14.5. The number of hydrogen-bond donors (Lipinski definition) is 2. The lowest BCUT2D eigenvalue weighted by atomic mass is 10.2. The molecule has 1 fully saturated rings. The van der Waals surface area contributed by atoms with Crippen molar-refractivity contribution < 1.29 is 9.47 Å². The minimum Gasteiger partial charge on any atom is -0.493 e. The predicted octanol–water partition coefficient (Wildman–Crippen LogP) is 4.83. The molecule has 0 saturated heterocycles. The van der Waals surface area contributed by atoms with E-state index in [4.69, 9.17) is 14.5 Å². The molecule has 5 nitrogen and oxygen atoms in total. The van der Waals surface area contributed by atoms with Gasteiger partial charge < -0.3 is 20.1 Å². The molecular weight excluding hydrogens is 485 g/mol. The average molecular weight is 522 g/mol. The molecule has 0 amide bonds. The summed E-state index contributed by atoms with van der Waals surface area (Å²) in [4.78, 5) is 4.70. The molecule has 0 unspecified atom stereocenters. The van der Waals surface area contributed by atoms with Crippen molar-refractivity contribution in [2.75, 3.05) is 32.2 Å². The van der Waals surface area contributed by atoms with Crippen LogP contribution in [0.25, 0.3) is 0 Å². The Hall–Kier alpha value is -0.830. The summed E-state index contributed by atoms with van der Waals surface area (Å²) < 4.78 is 11.7. The van der Waals surface area contributed by atoms with Crippen LogP contribution in [0.3, 0.4) is 0 Å². The molecule has 0 aromatic heterocycles. The van der Waals surface area contributed by atoms with Crippen LogP contribution in [0.4, 0.5) is 0 Å². The molecular formula is C21H36IN3O2S. The Bertz CT molecular complexity index is 581. The molecule has 0 heterocycles. The van der Waals surface area contributed by atoms with Gasteiger partial charge >= 0.3 is 0 Å². The van der Waals surface area contributed by atoms with Crippen LogP contribution in [0, 0.1) is 0 Å². The number of rotatable bonds is 11. The molecule has 1 aliphatic rings. The summed E-state index contributed by atoms with van der Waals surface area (Å²) in [6.07, 6.45) is 9.68. The maximum absolute atomic E-state index is 6.11. The van der Waals surface area contributed by atoms with Crippen LogP contribution in [0.15, 0.2) is 23.2 Å². The van der Waals surface area contributed by atoms with Gasteiger partial charge in [0.1, 0.15) is 0 Å². The Kier molecular flexibility index (Phi) is 13.6. The number of unbranched alkanes of at least 4 members (excludes halogenated alkanes) is 1. The Morgan fingerprint density at radius 3 is 2.64 bits per heavy atom. The van der Waals surface area contributed by atoms with E-state index in [1.54, 1.807) is 7.11 Å². The molecule has 1 aliphatic carbocycles. The van der Waals surface area contributed by atoms with Gasteiger partial charge in [0.25, 0.3) is 0 Å². The lowest BCUT2D eigenvalue weighted by Crippen LogP contribution is -2.37. The number of methoxy groups -OCH3 is 1. The number of thioether (sulfide) groups is 1. The van der Waals surface area contributed by atoms with E-state index in [2.05, 4.69) is 29.9 Å². The molecule has 1 saturated carbocycles. The van der Waals surface area contributed by atoms with Gasteiger partial charge in [0.05, 0.1) is 19.8 Å². The number of benzene rings is 1. The topological polar surface area (TPSA) is 54.9 Å². The lowest BCUT2D eigenvalue weighted by Gasteiger charge is -2.16. The quantitative estimate of drug-likeness (QED) is 0.189. The zero-order chi connectivity index (χ0) is 19.3. The summed E-state index contributed by atoms with van der Waals surface area (Å²) in [5.74, 6) is 3.72. The second-order valence-electron chi connectivity index (χ2n) is 6.83. The monoisotopic (exact) mass is 521 g/mol. The van der Waals surface area contributed by atoms with Gasteiger partial charge in [-0.1, -0.05) is 6.07 Å². The largest absolute Gasteiger partial charge is 0.493 e. The smallest absolute Gasteiger partial charge is 0.191 e. The van der Waals surface area contributed by atoms with E-state index in [0.29, 0.717) is 12.6 Å². The third-order valence-corrected chi connectivity index (χ3v) is 5.35. The molecule has 0 bridgehead atoms. The summed E-state index contributed by atoms with van der Waals surface area (Å²) in [5.41, 5.74) is 1.12. The molecule has 2 rings (SSSR count). The lowest BCUT2D eigenvalue weighted by molar-refractivity contribution is 0.200. The number of hydrogen-bond acceptors (Lipinski definition) is 4. The van der Waals surface area contributed by atoms with Gasteiger partial charge in [0.15, 0.2) is 17.5 Å². The van der Waals surface area contributed by atoms with Gasteiger partial charge in [-0.15, -0.1) is 24.0 Å². The van der Waals surface area contributed by atoms with Crippen LogP contribution < -0.4 is 20.1 Å². The zero-order valence-corrected chi connectivity index (χ0v) is 20.6. The van der Waals surface area contributed by atoms with Crippen LogP contribution in [0.2, 0.25) is 0 Å². The third kappa shape index (κ3) is 9.11. The van der Waals surface area contributed by atoms with Gasteiger partial charge in [0, 0.05) is 13.1 Å². The molecule has 1 aromatic rings. The van der Waals surface area contributed by atoms with Crippen molar-refractivity contribution >= 4 is 41.7 Å². The maximum atomic E-state index is 6.11. The van der Waals surface area contributed by atoms with Gasteiger partial charge in [-0.25, -0.2) is 4.99 Å². The van der Waals surface area contributed by atoms with Gasteiger partial charge in [0.2, 0.25) is 0 Å². The molecule has 7 heteroatoms. The summed E-state index contributed by atoms with van der Waals surface area (Å²) in [7, 11) is 1.70. The maximum Gasteiger partial charge on any atom is 0.191 e. The minimum atomic E-state index is 0. The standard InChI is InChI=1S/C21H35N3O2S.HI/c1-4-22-21(23-13-7-8-14-27-3)24-16-17-11-12-19(20(15-17)25-2)26-18-9-5-6-10-18;/h11-12,15,18H,4-10,13-14,16H2,1-3H3,(H2,22,23,24);1H. The first-order chi connectivity index (χ1) is 13.3. The van der Waals surface area contributed by atoms with Gasteiger partial charge in [-0.05, 0) is 75.2 Å². The Labute approximate surface area is 191 Å². The van der Waals surface area contributed by atoms with E-state index in [1.807, 2.05) is 23.9 Å². The van der Waals surface area contributed by atoms with Crippen molar-refractivity contribution in [3.63, 3.8) is 0 Å². The van der Waals surface area contributed by atoms with Crippen LogP contribution in [-0.4, -0.2) is 44.3 Å². The first-order valence-electron chi connectivity index (χ1n) is 10.1. The highest BCUT2D eigenvalue weighted by atomic mass is 127. The molecule has 0 aliphatic heterocycles. The van der Waals surface area contributed by atoms with Crippen LogP contribution in [0.5, 0.6) is 11.5 Å². The van der Waals surface area contributed by atoms with E-state index >= 15 is 0 Å². The Morgan fingerprint density at radius 1 is 1.18 bits per heavy atom. The van der Waals surface area contributed by atoms with E-state index in [-0.39, 0.29) is 24.0 Å². The molecule has 28 heavy (non-hydrogen) atoms. The fourth-order valence-electron chi connectivity index (χ4n) is 3.18. The summed E-state index contributed by atoms with van der Waals surface area (Å²) in [6, 6.07) is 6.14.